The Bertz CT molecular complexity index is 2770. The van der Waals surface area contributed by atoms with Crippen LogP contribution in [0.25, 0.3) is 21.8 Å². The van der Waals surface area contributed by atoms with Crippen LogP contribution in [-0.2, 0) is 17.8 Å². The van der Waals surface area contributed by atoms with E-state index < -0.39 is 12.1 Å². The third-order valence-corrected chi connectivity index (χ3v) is 14.0. The van der Waals surface area contributed by atoms with Crippen LogP contribution < -0.4 is 14.2 Å². The summed E-state index contributed by atoms with van der Waals surface area (Å²) in [7, 11) is 0. The quantitative estimate of drug-likeness (QED) is 0.0323. The van der Waals surface area contributed by atoms with E-state index in [1.165, 1.54) is 64.3 Å². The van der Waals surface area contributed by atoms with Gasteiger partial charge in [-0.1, -0.05) is 74.4 Å². The molecule has 10 nitrogen and oxygen atoms in total. The van der Waals surface area contributed by atoms with E-state index in [0.29, 0.717) is 43.1 Å². The number of carbonyl (C=O) groups is 2. The largest absolute Gasteiger partial charge is 0.521 e. The molecule has 7 aromatic rings. The second-order valence-electron chi connectivity index (χ2n) is 18.7. The van der Waals surface area contributed by atoms with Crippen LogP contribution in [0.4, 0.5) is 9.18 Å². The second-order valence-corrected chi connectivity index (χ2v) is 18.7. The molecule has 0 atom stereocenters. The topological polar surface area (TPSA) is 87.4 Å². The van der Waals surface area contributed by atoms with Crippen LogP contribution in [0.15, 0.2) is 134 Å². The van der Waals surface area contributed by atoms with Crippen molar-refractivity contribution >= 4 is 33.9 Å². The van der Waals surface area contributed by atoms with Gasteiger partial charge in [0.1, 0.15) is 23.1 Å². The normalized spacial score (nSPS) is 15.2. The fourth-order valence-electron chi connectivity index (χ4n) is 10.3. The summed E-state index contributed by atoms with van der Waals surface area (Å²) in [5, 5.41) is 2.71. The Kier molecular flexibility index (Phi) is 16.0. The number of ether oxygens (including phenoxy) is 4. The first-order valence-corrected chi connectivity index (χ1v) is 25.1. The third kappa shape index (κ3) is 12.4. The molecule has 0 saturated carbocycles. The molecule has 0 N–H and O–H groups in total. The molecular formula is C58H65FN4O6. The maximum absolute atomic E-state index is 13.5. The second kappa shape index (κ2) is 23.2. The van der Waals surface area contributed by atoms with Crippen LogP contribution in [0, 0.1) is 5.82 Å². The molecule has 360 valence electrons. The first kappa shape index (κ1) is 47.6. The first-order chi connectivity index (χ1) is 33.9. The maximum Gasteiger partial charge on any atom is 0.521 e. The van der Waals surface area contributed by atoms with Crippen LogP contribution in [0.1, 0.15) is 104 Å². The highest BCUT2D eigenvalue weighted by Gasteiger charge is 2.25. The number of benzene rings is 5. The van der Waals surface area contributed by atoms with Gasteiger partial charge >= 0.3 is 12.1 Å². The summed E-state index contributed by atoms with van der Waals surface area (Å²) in [5.74, 6) is 1.49. The number of fused-ring (bicyclic) bond motifs is 2. The van der Waals surface area contributed by atoms with Crippen molar-refractivity contribution in [1.82, 2.24) is 18.9 Å². The highest BCUT2D eigenvalue weighted by molar-refractivity contribution is 5.95. The van der Waals surface area contributed by atoms with Crippen molar-refractivity contribution in [3.8, 4) is 17.2 Å². The smallest absolute Gasteiger partial charge is 0.494 e. The average Bonchev–Trinajstić information content (AvgIpc) is 3.94. The number of aryl methyl sites for hydroxylation is 1. The van der Waals surface area contributed by atoms with E-state index in [9.17, 15) is 14.0 Å². The molecule has 0 bridgehead atoms. The zero-order chi connectivity index (χ0) is 47.4. The van der Waals surface area contributed by atoms with E-state index in [1.807, 2.05) is 18.2 Å². The molecule has 2 aliphatic heterocycles. The number of para-hydroxylation sites is 2. The molecule has 9 rings (SSSR count). The minimum Gasteiger partial charge on any atom is -0.494 e. The summed E-state index contributed by atoms with van der Waals surface area (Å²) in [4.78, 5) is 30.4. The van der Waals surface area contributed by atoms with Crippen LogP contribution >= 0.6 is 0 Å². The Balaban J connectivity index is 0.649. The van der Waals surface area contributed by atoms with Gasteiger partial charge in [0.05, 0.1) is 18.8 Å². The lowest BCUT2D eigenvalue weighted by Gasteiger charge is -2.32. The predicted octanol–water partition coefficient (Wildman–Crippen LogP) is 12.6. The molecule has 69 heavy (non-hydrogen) atoms. The SMILES string of the molecule is CCCCCn1cc(C2CCN(CCCOc3ccc(C(=O)OC(=O)Oc4cccc(OCCCN5CCC(c6cn(Cc7ccc(F)cc7)c7ccccc67)CC5)c4)cc3)CC2)c2ccccc21. The van der Waals surface area contributed by atoms with Crippen LogP contribution in [0.2, 0.25) is 0 Å². The minimum absolute atomic E-state index is 0.217. The number of piperidine rings is 2. The van der Waals surface area contributed by atoms with Gasteiger partial charge in [-0.3, -0.25) is 0 Å². The number of halogens is 1. The molecule has 2 aliphatic rings. The van der Waals surface area contributed by atoms with E-state index in [0.717, 1.165) is 89.9 Å². The molecule has 11 heteroatoms. The fraction of sp³-hybridized carbons (Fsp3) is 0.379. The standard InChI is InChI=1S/C58H65FN4O6/c1-2-3-8-32-62-41-53(51-14-4-6-16-55(51)62)44-26-33-60(34-27-44)30-10-37-66-48-24-20-46(21-25-48)57(64)69-58(65)68-50-13-9-12-49(39-50)67-38-11-31-61-35-28-45(29-36-61)54-42-63(56-17-7-5-15-52(54)56)40-43-18-22-47(59)23-19-43/h4-7,9,12-25,39,41-42,44-45H,2-3,8,10-11,26-38,40H2,1H3. The number of unbranched alkanes of at least 4 members (excludes halogenated alkanes) is 2. The zero-order valence-electron chi connectivity index (χ0n) is 39.9. The van der Waals surface area contributed by atoms with Gasteiger partial charge in [-0.25, -0.2) is 14.0 Å². The van der Waals surface area contributed by atoms with E-state index in [-0.39, 0.29) is 17.1 Å². The molecule has 2 saturated heterocycles. The van der Waals surface area contributed by atoms with Crippen molar-refractivity contribution in [3.05, 3.63) is 162 Å². The van der Waals surface area contributed by atoms with Gasteiger partial charge in [-0.05, 0) is 160 Å². The summed E-state index contributed by atoms with van der Waals surface area (Å²) in [6.45, 7) is 11.2. The van der Waals surface area contributed by atoms with Gasteiger partial charge in [0.2, 0.25) is 0 Å². The molecule has 2 fully saturated rings. The third-order valence-electron chi connectivity index (χ3n) is 14.0. The Hall–Kier alpha value is -6.43. The molecule has 4 heterocycles. The molecule has 0 amide bonds. The van der Waals surface area contributed by atoms with Gasteiger partial charge in [-0.15, -0.1) is 0 Å². The molecule has 0 aliphatic carbocycles. The van der Waals surface area contributed by atoms with Crippen LogP contribution in [0.5, 0.6) is 17.2 Å². The predicted molar refractivity (Wildman–Crippen MR) is 270 cm³/mol. The summed E-state index contributed by atoms with van der Waals surface area (Å²) in [6.07, 6.45) is 13.6. The molecule has 0 unspecified atom stereocenters. The Morgan fingerprint density at radius 3 is 1.77 bits per heavy atom. The van der Waals surface area contributed by atoms with E-state index in [1.54, 1.807) is 42.5 Å². The number of rotatable bonds is 20. The average molecular weight is 933 g/mol. The van der Waals surface area contributed by atoms with Gasteiger partial charge < -0.3 is 37.9 Å². The van der Waals surface area contributed by atoms with Crippen molar-refractivity contribution in [2.75, 3.05) is 52.5 Å². The fourth-order valence-corrected chi connectivity index (χ4v) is 10.3. The molecular weight excluding hydrogens is 868 g/mol. The summed E-state index contributed by atoms with van der Waals surface area (Å²) in [6, 6.07) is 37.6. The van der Waals surface area contributed by atoms with Gasteiger partial charge in [-0.2, -0.15) is 0 Å². The minimum atomic E-state index is -1.11. The lowest BCUT2D eigenvalue weighted by atomic mass is 9.89. The molecule has 0 spiro atoms. The zero-order valence-corrected chi connectivity index (χ0v) is 39.9. The Morgan fingerprint density at radius 2 is 1.14 bits per heavy atom. The van der Waals surface area contributed by atoms with Crippen molar-refractivity contribution < 1.29 is 32.9 Å². The Morgan fingerprint density at radius 1 is 0.580 bits per heavy atom. The number of carbonyl (C=O) groups excluding carboxylic acids is 2. The lowest BCUT2D eigenvalue weighted by molar-refractivity contribution is 0.0529. The number of nitrogens with zero attached hydrogens (tertiary/aromatic N) is 4. The monoisotopic (exact) mass is 932 g/mol. The van der Waals surface area contributed by atoms with Crippen molar-refractivity contribution in [2.45, 2.75) is 89.6 Å². The summed E-state index contributed by atoms with van der Waals surface area (Å²) >= 11 is 0. The Labute approximate surface area is 405 Å². The van der Waals surface area contributed by atoms with E-state index >= 15 is 0 Å². The maximum atomic E-state index is 13.5. The lowest BCUT2D eigenvalue weighted by Crippen LogP contribution is -2.34. The van der Waals surface area contributed by atoms with E-state index in [4.69, 9.17) is 18.9 Å². The van der Waals surface area contributed by atoms with Gasteiger partial charge in [0.15, 0.2) is 0 Å². The number of hydrogen-bond acceptors (Lipinski definition) is 8. The summed E-state index contributed by atoms with van der Waals surface area (Å²) in [5.41, 5.74) is 6.78. The number of aromatic nitrogens is 2. The highest BCUT2D eigenvalue weighted by atomic mass is 19.1. The van der Waals surface area contributed by atoms with Gasteiger partial charge in [0, 0.05) is 66.4 Å². The molecule has 0 radical (unpaired) electrons. The van der Waals surface area contributed by atoms with Crippen molar-refractivity contribution in [1.29, 1.82) is 0 Å². The van der Waals surface area contributed by atoms with Crippen LogP contribution in [0.3, 0.4) is 0 Å². The number of hydrogen-bond donors (Lipinski definition) is 0. The van der Waals surface area contributed by atoms with Crippen LogP contribution in [-0.4, -0.2) is 83.5 Å². The first-order valence-electron chi connectivity index (χ1n) is 25.1. The number of esters is 1. The molecule has 5 aromatic carbocycles. The number of likely N-dealkylation sites (tertiary alicyclic amines) is 2. The van der Waals surface area contributed by atoms with Crippen molar-refractivity contribution in [2.24, 2.45) is 0 Å². The summed E-state index contributed by atoms with van der Waals surface area (Å²) < 4.78 is 40.7. The van der Waals surface area contributed by atoms with Crippen molar-refractivity contribution in [3.63, 3.8) is 0 Å². The van der Waals surface area contributed by atoms with Gasteiger partial charge in [0.25, 0.3) is 0 Å². The van der Waals surface area contributed by atoms with E-state index in [2.05, 4.69) is 86.8 Å². The highest BCUT2D eigenvalue weighted by Crippen LogP contribution is 2.36. The molecule has 2 aromatic heterocycles.